The lowest BCUT2D eigenvalue weighted by Crippen LogP contribution is -1.79. The van der Waals surface area contributed by atoms with Crippen LogP contribution in [0.5, 0.6) is 0 Å². The first kappa shape index (κ1) is 11.6. The summed E-state index contributed by atoms with van der Waals surface area (Å²) in [5.74, 6) is 0. The van der Waals surface area contributed by atoms with Gasteiger partial charge < -0.3 is 0 Å². The minimum atomic E-state index is 0.947. The Kier molecular flexibility index (Phi) is 3.91. The maximum absolute atomic E-state index is 4.39. The fourth-order valence-corrected chi connectivity index (χ4v) is 1.94. The molecule has 0 amide bonds. The molecule has 2 aromatic carbocycles. The Bertz CT molecular complexity index is 504. The van der Waals surface area contributed by atoms with E-state index in [1.807, 2.05) is 54.7 Å². The molecule has 0 aromatic heterocycles. The summed E-state index contributed by atoms with van der Waals surface area (Å²) >= 11 is 6.82. The fraction of sp³-hybridized carbons (Fsp3) is 0. The topological polar surface area (TPSA) is 12.4 Å². The number of hydrogen-bond donors (Lipinski definition) is 0. The highest BCUT2D eigenvalue weighted by molar-refractivity contribution is 9.10. The van der Waals surface area contributed by atoms with Crippen LogP contribution in [-0.4, -0.2) is 6.21 Å². The Balaban J connectivity index is 2.18. The summed E-state index contributed by atoms with van der Waals surface area (Å²) < 4.78 is 2.13. The molecule has 0 spiro atoms. The molecule has 0 saturated carbocycles. The monoisotopic (exact) mass is 337 g/mol. The molecular weight excluding hydrogens is 330 g/mol. The standard InChI is InChI=1S/C13H9Br2N/c14-11-4-6-13(7-5-11)16-9-10-2-1-3-12(15)8-10/h1-9H. The molecule has 0 aliphatic rings. The molecule has 0 aliphatic heterocycles. The van der Waals surface area contributed by atoms with Crippen molar-refractivity contribution in [2.75, 3.05) is 0 Å². The first-order valence-electron chi connectivity index (χ1n) is 4.79. The van der Waals surface area contributed by atoms with Gasteiger partial charge in [0.1, 0.15) is 0 Å². The zero-order valence-electron chi connectivity index (χ0n) is 8.40. The Morgan fingerprint density at radius 3 is 2.31 bits per heavy atom. The number of benzene rings is 2. The summed E-state index contributed by atoms with van der Waals surface area (Å²) in [7, 11) is 0. The van der Waals surface area contributed by atoms with Gasteiger partial charge in [-0.1, -0.05) is 44.0 Å². The second-order valence-electron chi connectivity index (χ2n) is 3.29. The molecule has 16 heavy (non-hydrogen) atoms. The van der Waals surface area contributed by atoms with Crippen molar-refractivity contribution in [3.8, 4) is 0 Å². The first-order valence-corrected chi connectivity index (χ1v) is 6.38. The molecular formula is C13H9Br2N. The Labute approximate surface area is 111 Å². The van der Waals surface area contributed by atoms with Crippen LogP contribution in [0.1, 0.15) is 5.56 Å². The van der Waals surface area contributed by atoms with Gasteiger partial charge in [-0.25, -0.2) is 0 Å². The molecule has 0 bridgehead atoms. The molecule has 0 radical (unpaired) electrons. The summed E-state index contributed by atoms with van der Waals surface area (Å²) in [6.45, 7) is 0. The van der Waals surface area contributed by atoms with E-state index in [-0.39, 0.29) is 0 Å². The lowest BCUT2D eigenvalue weighted by Gasteiger charge is -1.95. The van der Waals surface area contributed by atoms with Crippen molar-refractivity contribution < 1.29 is 0 Å². The second kappa shape index (κ2) is 5.41. The van der Waals surface area contributed by atoms with E-state index >= 15 is 0 Å². The maximum Gasteiger partial charge on any atom is 0.0630 e. The van der Waals surface area contributed by atoms with E-state index in [1.165, 1.54) is 0 Å². The van der Waals surface area contributed by atoms with Crippen LogP contribution < -0.4 is 0 Å². The summed E-state index contributed by atoms with van der Waals surface area (Å²) in [4.78, 5) is 4.39. The van der Waals surface area contributed by atoms with Gasteiger partial charge in [0.15, 0.2) is 0 Å². The SMILES string of the molecule is Brc1ccc(N=Cc2cccc(Br)c2)cc1. The molecule has 0 aliphatic carbocycles. The summed E-state index contributed by atoms with van der Waals surface area (Å²) in [5.41, 5.74) is 2.03. The molecule has 2 rings (SSSR count). The third-order valence-corrected chi connectivity index (χ3v) is 3.06. The van der Waals surface area contributed by atoms with Gasteiger partial charge in [-0.3, -0.25) is 4.99 Å². The third-order valence-electron chi connectivity index (χ3n) is 2.04. The predicted octanol–water partition coefficient (Wildman–Crippen LogP) is 4.96. The molecule has 0 fully saturated rings. The molecule has 3 heteroatoms. The van der Waals surface area contributed by atoms with Crippen LogP contribution in [0.3, 0.4) is 0 Å². The Morgan fingerprint density at radius 2 is 1.62 bits per heavy atom. The quantitative estimate of drug-likeness (QED) is 0.686. The summed E-state index contributed by atoms with van der Waals surface area (Å²) in [6.07, 6.45) is 1.86. The van der Waals surface area contributed by atoms with Crippen LogP contribution in [0.4, 0.5) is 5.69 Å². The minimum Gasteiger partial charge on any atom is -0.256 e. The lowest BCUT2D eigenvalue weighted by molar-refractivity contribution is 1.51. The summed E-state index contributed by atoms with van der Waals surface area (Å²) in [6, 6.07) is 15.9. The van der Waals surface area contributed by atoms with E-state index in [0.29, 0.717) is 0 Å². The van der Waals surface area contributed by atoms with E-state index in [1.54, 1.807) is 0 Å². The molecule has 0 N–H and O–H groups in total. The minimum absolute atomic E-state index is 0.947. The van der Waals surface area contributed by atoms with Crippen molar-refractivity contribution in [3.63, 3.8) is 0 Å². The Hall–Kier alpha value is -0.930. The van der Waals surface area contributed by atoms with E-state index < -0.39 is 0 Å². The number of rotatable bonds is 2. The van der Waals surface area contributed by atoms with Crippen molar-refractivity contribution >= 4 is 43.8 Å². The first-order chi connectivity index (χ1) is 7.74. The summed E-state index contributed by atoms with van der Waals surface area (Å²) in [5, 5.41) is 0. The molecule has 80 valence electrons. The van der Waals surface area contributed by atoms with E-state index in [2.05, 4.69) is 36.9 Å². The van der Waals surface area contributed by atoms with Crippen molar-refractivity contribution in [1.82, 2.24) is 0 Å². The highest BCUT2D eigenvalue weighted by Crippen LogP contribution is 2.17. The number of hydrogen-bond acceptors (Lipinski definition) is 1. The molecule has 0 unspecified atom stereocenters. The number of aliphatic imine (C=N–C) groups is 1. The van der Waals surface area contributed by atoms with Crippen LogP contribution in [0, 0.1) is 0 Å². The normalized spacial score (nSPS) is 10.9. The van der Waals surface area contributed by atoms with Crippen molar-refractivity contribution in [2.24, 2.45) is 4.99 Å². The average Bonchev–Trinajstić information content (AvgIpc) is 2.28. The van der Waals surface area contributed by atoms with Crippen molar-refractivity contribution in [2.45, 2.75) is 0 Å². The van der Waals surface area contributed by atoms with Crippen molar-refractivity contribution in [3.05, 3.63) is 63.0 Å². The third kappa shape index (κ3) is 3.29. The maximum atomic E-state index is 4.39. The fourth-order valence-electron chi connectivity index (χ4n) is 1.26. The van der Waals surface area contributed by atoms with Gasteiger partial charge in [-0.2, -0.15) is 0 Å². The highest BCUT2D eigenvalue weighted by atomic mass is 79.9. The van der Waals surface area contributed by atoms with Gasteiger partial charge in [0.25, 0.3) is 0 Å². The van der Waals surface area contributed by atoms with E-state index in [4.69, 9.17) is 0 Å². The average molecular weight is 339 g/mol. The number of halogens is 2. The molecule has 0 atom stereocenters. The zero-order valence-corrected chi connectivity index (χ0v) is 11.6. The predicted molar refractivity (Wildman–Crippen MR) is 75.5 cm³/mol. The van der Waals surface area contributed by atoms with E-state index in [9.17, 15) is 0 Å². The second-order valence-corrected chi connectivity index (χ2v) is 5.12. The van der Waals surface area contributed by atoms with Crippen LogP contribution in [-0.2, 0) is 0 Å². The smallest absolute Gasteiger partial charge is 0.0630 e. The largest absolute Gasteiger partial charge is 0.256 e. The van der Waals surface area contributed by atoms with Gasteiger partial charge >= 0.3 is 0 Å². The highest BCUT2D eigenvalue weighted by Gasteiger charge is 1.91. The van der Waals surface area contributed by atoms with E-state index in [0.717, 1.165) is 20.2 Å². The van der Waals surface area contributed by atoms with Crippen molar-refractivity contribution in [1.29, 1.82) is 0 Å². The molecule has 0 heterocycles. The molecule has 0 saturated heterocycles. The van der Waals surface area contributed by atoms with Gasteiger partial charge in [0, 0.05) is 15.2 Å². The number of nitrogens with zero attached hydrogens (tertiary/aromatic N) is 1. The molecule has 1 nitrogen and oxygen atoms in total. The van der Waals surface area contributed by atoms with Crippen LogP contribution in [0.15, 0.2) is 62.5 Å². The van der Waals surface area contributed by atoms with Crippen LogP contribution in [0.2, 0.25) is 0 Å². The molecule has 2 aromatic rings. The van der Waals surface area contributed by atoms with Gasteiger partial charge in [0.2, 0.25) is 0 Å². The van der Waals surface area contributed by atoms with Gasteiger partial charge in [-0.05, 0) is 42.0 Å². The van der Waals surface area contributed by atoms with Gasteiger partial charge in [-0.15, -0.1) is 0 Å². The lowest BCUT2D eigenvalue weighted by atomic mass is 10.2. The zero-order chi connectivity index (χ0) is 11.4. The van der Waals surface area contributed by atoms with Crippen LogP contribution in [0.25, 0.3) is 0 Å². The van der Waals surface area contributed by atoms with Crippen LogP contribution >= 0.6 is 31.9 Å². The Morgan fingerprint density at radius 1 is 0.875 bits per heavy atom. The van der Waals surface area contributed by atoms with Gasteiger partial charge in [0.05, 0.1) is 5.69 Å².